The van der Waals surface area contributed by atoms with Crippen LogP contribution < -0.4 is 4.74 Å². The van der Waals surface area contributed by atoms with Crippen molar-refractivity contribution in [1.29, 1.82) is 0 Å². The minimum atomic E-state index is -0.356. The molecule has 6 nitrogen and oxygen atoms in total. The molecule has 0 aliphatic rings. The maximum atomic E-state index is 12.0. The molecular weight excluding hydrogens is 288 g/mol. The first-order valence-electron chi connectivity index (χ1n) is 6.51. The average Bonchev–Trinajstić information content (AvgIpc) is 2.92. The van der Waals surface area contributed by atoms with E-state index in [2.05, 4.69) is 15.5 Å². The zero-order valence-corrected chi connectivity index (χ0v) is 13.3. The molecule has 0 N–H and O–H groups in total. The van der Waals surface area contributed by atoms with Crippen LogP contribution in [-0.4, -0.2) is 38.9 Å². The van der Waals surface area contributed by atoms with E-state index in [1.54, 1.807) is 11.8 Å². The van der Waals surface area contributed by atoms with Crippen LogP contribution in [0, 0.1) is 5.41 Å². The number of carbonyl (C=O) groups excluding carboxylic acids is 1. The van der Waals surface area contributed by atoms with Crippen molar-refractivity contribution in [2.45, 2.75) is 25.9 Å². The van der Waals surface area contributed by atoms with Gasteiger partial charge in [0.1, 0.15) is 11.5 Å². The third kappa shape index (κ3) is 3.81. The second-order valence-electron chi connectivity index (χ2n) is 5.53. The van der Waals surface area contributed by atoms with E-state index in [1.165, 1.54) is 11.8 Å². The Morgan fingerprint density at radius 2 is 1.95 bits per heavy atom. The fraction of sp³-hybridized carbons (Fsp3) is 0.429. The molecule has 0 atom stereocenters. The molecule has 0 fully saturated rings. The highest BCUT2D eigenvalue weighted by Crippen LogP contribution is 2.23. The Hall–Kier alpha value is -1.89. The number of hydrogen-bond acceptors (Lipinski definition) is 6. The summed E-state index contributed by atoms with van der Waals surface area (Å²) in [6.07, 6.45) is 0. The SMILES string of the molecule is COc1ccc(-n2nnnc2SCC(=O)C(C)(C)C)cc1. The first-order valence-corrected chi connectivity index (χ1v) is 7.49. The number of methoxy groups -OCH3 is 1. The lowest BCUT2D eigenvalue weighted by molar-refractivity contribution is -0.123. The Kier molecular flexibility index (Phi) is 4.62. The second-order valence-corrected chi connectivity index (χ2v) is 6.48. The van der Waals surface area contributed by atoms with Crippen molar-refractivity contribution in [3.05, 3.63) is 24.3 Å². The van der Waals surface area contributed by atoms with Crippen molar-refractivity contribution in [3.63, 3.8) is 0 Å². The van der Waals surface area contributed by atoms with Gasteiger partial charge in [0.05, 0.1) is 18.6 Å². The Bertz CT molecular complexity index is 617. The van der Waals surface area contributed by atoms with Crippen LogP contribution in [0.5, 0.6) is 5.75 Å². The van der Waals surface area contributed by atoms with E-state index in [4.69, 9.17) is 4.74 Å². The Labute approximate surface area is 127 Å². The summed E-state index contributed by atoms with van der Waals surface area (Å²) in [7, 11) is 1.62. The van der Waals surface area contributed by atoms with Gasteiger partial charge in [-0.3, -0.25) is 4.79 Å². The van der Waals surface area contributed by atoms with Gasteiger partial charge >= 0.3 is 0 Å². The van der Waals surface area contributed by atoms with Crippen molar-refractivity contribution in [2.24, 2.45) is 5.41 Å². The molecule has 1 aromatic heterocycles. The lowest BCUT2D eigenvalue weighted by Crippen LogP contribution is -2.22. The standard InChI is InChI=1S/C14H18N4O2S/c1-14(2,3)12(19)9-21-13-15-16-17-18(13)10-5-7-11(20-4)8-6-10/h5-8H,9H2,1-4H3. The van der Waals surface area contributed by atoms with Crippen LogP contribution >= 0.6 is 11.8 Å². The van der Waals surface area contributed by atoms with Gasteiger partial charge in [-0.05, 0) is 34.7 Å². The summed E-state index contributed by atoms with van der Waals surface area (Å²) in [6, 6.07) is 7.41. The molecule has 7 heteroatoms. The summed E-state index contributed by atoms with van der Waals surface area (Å²) in [5.74, 6) is 1.28. The predicted molar refractivity (Wildman–Crippen MR) is 80.9 cm³/mol. The highest BCUT2D eigenvalue weighted by Gasteiger charge is 2.22. The third-order valence-electron chi connectivity index (χ3n) is 2.93. The molecule has 0 aliphatic heterocycles. The average molecular weight is 306 g/mol. The zero-order valence-electron chi connectivity index (χ0n) is 12.5. The summed E-state index contributed by atoms with van der Waals surface area (Å²) >= 11 is 1.34. The fourth-order valence-electron chi connectivity index (χ4n) is 1.50. The van der Waals surface area contributed by atoms with Crippen LogP contribution in [0.1, 0.15) is 20.8 Å². The number of Topliss-reactive ketones (excluding diaryl/α,β-unsaturated/α-hetero) is 1. The van der Waals surface area contributed by atoms with Gasteiger partial charge in [-0.2, -0.15) is 4.68 Å². The molecule has 0 amide bonds. The number of ether oxygens (including phenoxy) is 1. The lowest BCUT2D eigenvalue weighted by Gasteiger charge is -2.15. The lowest BCUT2D eigenvalue weighted by atomic mass is 9.92. The molecule has 0 spiro atoms. The number of aromatic nitrogens is 4. The Balaban J connectivity index is 2.13. The maximum Gasteiger partial charge on any atom is 0.214 e. The quantitative estimate of drug-likeness (QED) is 0.790. The van der Waals surface area contributed by atoms with Gasteiger partial charge in [-0.15, -0.1) is 5.10 Å². The monoisotopic (exact) mass is 306 g/mol. The number of ketones is 1. The fourth-order valence-corrected chi connectivity index (χ4v) is 2.55. The molecule has 2 rings (SSSR count). The smallest absolute Gasteiger partial charge is 0.214 e. The van der Waals surface area contributed by atoms with Crippen LogP contribution in [0.4, 0.5) is 0 Å². The van der Waals surface area contributed by atoms with E-state index in [1.807, 2.05) is 45.0 Å². The van der Waals surface area contributed by atoms with Gasteiger partial charge in [-0.1, -0.05) is 32.5 Å². The summed E-state index contributed by atoms with van der Waals surface area (Å²) in [5, 5.41) is 12.2. The van der Waals surface area contributed by atoms with Crippen molar-refractivity contribution >= 4 is 17.5 Å². The van der Waals surface area contributed by atoms with E-state index in [0.717, 1.165) is 11.4 Å². The third-order valence-corrected chi connectivity index (χ3v) is 3.85. The van der Waals surface area contributed by atoms with Crippen LogP contribution in [0.25, 0.3) is 5.69 Å². The van der Waals surface area contributed by atoms with Gasteiger partial charge in [0.15, 0.2) is 0 Å². The maximum absolute atomic E-state index is 12.0. The molecule has 21 heavy (non-hydrogen) atoms. The normalized spacial score (nSPS) is 11.4. The van der Waals surface area contributed by atoms with Crippen LogP contribution in [0.3, 0.4) is 0 Å². The number of rotatable bonds is 5. The number of benzene rings is 1. The summed E-state index contributed by atoms with van der Waals surface area (Å²) < 4.78 is 6.73. The van der Waals surface area contributed by atoms with Crippen molar-refractivity contribution < 1.29 is 9.53 Å². The molecule has 0 bridgehead atoms. The molecule has 1 heterocycles. The summed E-state index contributed by atoms with van der Waals surface area (Å²) in [5.41, 5.74) is 0.470. The highest BCUT2D eigenvalue weighted by molar-refractivity contribution is 7.99. The molecule has 1 aromatic carbocycles. The molecule has 0 saturated heterocycles. The van der Waals surface area contributed by atoms with Gasteiger partial charge in [-0.25, -0.2) is 0 Å². The van der Waals surface area contributed by atoms with Crippen molar-refractivity contribution in [1.82, 2.24) is 20.2 Å². The molecule has 0 aliphatic carbocycles. The number of thioether (sulfide) groups is 1. The van der Waals surface area contributed by atoms with E-state index in [9.17, 15) is 4.79 Å². The van der Waals surface area contributed by atoms with Crippen molar-refractivity contribution in [2.75, 3.05) is 12.9 Å². The molecule has 0 unspecified atom stereocenters. The second kappa shape index (κ2) is 6.26. The van der Waals surface area contributed by atoms with Crippen LogP contribution in [0.15, 0.2) is 29.4 Å². The van der Waals surface area contributed by atoms with Gasteiger partial charge < -0.3 is 4.74 Å². The minimum Gasteiger partial charge on any atom is -0.497 e. The first-order chi connectivity index (χ1) is 9.91. The molecule has 112 valence electrons. The number of carbonyl (C=O) groups is 1. The summed E-state index contributed by atoms with van der Waals surface area (Å²) in [4.78, 5) is 12.0. The van der Waals surface area contributed by atoms with E-state index < -0.39 is 0 Å². The number of nitrogens with zero attached hydrogens (tertiary/aromatic N) is 4. The molecular formula is C14H18N4O2S. The first kappa shape index (κ1) is 15.5. The molecule has 0 radical (unpaired) electrons. The van der Waals surface area contributed by atoms with Crippen LogP contribution in [0.2, 0.25) is 0 Å². The minimum absolute atomic E-state index is 0.164. The summed E-state index contributed by atoms with van der Waals surface area (Å²) in [6.45, 7) is 5.72. The molecule has 2 aromatic rings. The number of tetrazole rings is 1. The topological polar surface area (TPSA) is 69.9 Å². The van der Waals surface area contributed by atoms with E-state index >= 15 is 0 Å². The molecule has 0 saturated carbocycles. The highest BCUT2D eigenvalue weighted by atomic mass is 32.2. The predicted octanol–water partition coefficient (Wildman–Crippen LogP) is 2.38. The largest absolute Gasteiger partial charge is 0.497 e. The number of hydrogen-bond donors (Lipinski definition) is 0. The van der Waals surface area contributed by atoms with Crippen LogP contribution in [-0.2, 0) is 4.79 Å². The zero-order chi connectivity index (χ0) is 15.5. The van der Waals surface area contributed by atoms with Crippen molar-refractivity contribution in [3.8, 4) is 11.4 Å². The Morgan fingerprint density at radius 1 is 1.29 bits per heavy atom. The van der Waals surface area contributed by atoms with E-state index in [0.29, 0.717) is 10.9 Å². The van der Waals surface area contributed by atoms with E-state index in [-0.39, 0.29) is 11.2 Å². The van der Waals surface area contributed by atoms with Gasteiger partial charge in [0, 0.05) is 5.41 Å². The van der Waals surface area contributed by atoms with Gasteiger partial charge in [0.2, 0.25) is 5.16 Å². The Morgan fingerprint density at radius 3 is 2.52 bits per heavy atom. The van der Waals surface area contributed by atoms with Gasteiger partial charge in [0.25, 0.3) is 0 Å².